The molecule has 2 aromatic rings. The lowest BCUT2D eigenvalue weighted by molar-refractivity contribution is 0.0684. The van der Waals surface area contributed by atoms with Gasteiger partial charge in [-0.2, -0.15) is 0 Å². The summed E-state index contributed by atoms with van der Waals surface area (Å²) in [5, 5.41) is 12.4. The van der Waals surface area contributed by atoms with Crippen LogP contribution in [0.15, 0.2) is 35.7 Å². The van der Waals surface area contributed by atoms with Gasteiger partial charge in [-0.3, -0.25) is 4.79 Å². The fourth-order valence-corrected chi connectivity index (χ4v) is 4.21. The highest BCUT2D eigenvalue weighted by molar-refractivity contribution is 7.09. The Bertz CT molecular complexity index is 717. The van der Waals surface area contributed by atoms with Gasteiger partial charge in [0.25, 0.3) is 5.91 Å². The topological polar surface area (TPSA) is 56.7 Å². The molecular formula is C20H27N3O2S. The first-order chi connectivity index (χ1) is 12.6. The molecular weight excluding hydrogens is 346 g/mol. The Balaban J connectivity index is 1.72. The second kappa shape index (κ2) is 8.75. The number of hydrogen-bond acceptors (Lipinski definition) is 5. The molecule has 26 heavy (non-hydrogen) atoms. The highest BCUT2D eigenvalue weighted by Crippen LogP contribution is 2.22. The van der Waals surface area contributed by atoms with E-state index in [1.54, 1.807) is 0 Å². The molecule has 3 rings (SSSR count). The number of benzene rings is 1. The second-order valence-electron chi connectivity index (χ2n) is 7.24. The first-order valence-corrected chi connectivity index (χ1v) is 9.99. The van der Waals surface area contributed by atoms with Crippen molar-refractivity contribution in [1.82, 2.24) is 14.8 Å². The first-order valence-electron chi connectivity index (χ1n) is 9.11. The van der Waals surface area contributed by atoms with Gasteiger partial charge in [-0.15, -0.1) is 11.3 Å². The van der Waals surface area contributed by atoms with Gasteiger partial charge in [0.15, 0.2) is 0 Å². The summed E-state index contributed by atoms with van der Waals surface area (Å²) in [5.74, 6) is 0.124. The van der Waals surface area contributed by atoms with Crippen LogP contribution in [0.2, 0.25) is 0 Å². The van der Waals surface area contributed by atoms with Crippen LogP contribution in [0.25, 0.3) is 0 Å². The predicted molar refractivity (Wildman–Crippen MR) is 105 cm³/mol. The number of rotatable bonds is 5. The normalized spacial score (nSPS) is 21.0. The van der Waals surface area contributed by atoms with Crippen LogP contribution in [-0.4, -0.2) is 65.6 Å². The fraction of sp³-hybridized carbons (Fsp3) is 0.500. The molecule has 1 aromatic heterocycles. The van der Waals surface area contributed by atoms with Crippen LogP contribution < -0.4 is 0 Å². The molecule has 1 N–H and O–H groups in total. The summed E-state index contributed by atoms with van der Waals surface area (Å²) in [7, 11) is 4.10. The van der Waals surface area contributed by atoms with Crippen LogP contribution in [0.3, 0.4) is 0 Å². The zero-order valence-corrected chi connectivity index (χ0v) is 16.3. The van der Waals surface area contributed by atoms with Crippen LogP contribution in [-0.2, 0) is 6.42 Å². The van der Waals surface area contributed by atoms with E-state index in [4.69, 9.17) is 0 Å². The molecule has 140 valence electrons. The van der Waals surface area contributed by atoms with Gasteiger partial charge in [0.05, 0.1) is 5.01 Å². The highest BCUT2D eigenvalue weighted by atomic mass is 32.1. The van der Waals surface area contributed by atoms with Gasteiger partial charge in [-0.1, -0.05) is 30.3 Å². The third kappa shape index (κ3) is 4.69. The van der Waals surface area contributed by atoms with Crippen molar-refractivity contribution in [2.75, 3.05) is 33.8 Å². The maximum Gasteiger partial charge on any atom is 0.273 e. The van der Waals surface area contributed by atoms with Crippen molar-refractivity contribution in [3.8, 4) is 0 Å². The number of likely N-dealkylation sites (N-methyl/N-ethyl adjacent to an activating group) is 1. The molecule has 0 spiro atoms. The minimum absolute atomic E-state index is 0.0206. The first kappa shape index (κ1) is 19.0. The SMILES string of the molecule is CN(C)[C@@H]1CC[C@H](CO)CN(C(=O)c2csc(Cc3ccccc3)n2)C1. The zero-order valence-electron chi connectivity index (χ0n) is 15.5. The van der Waals surface area contributed by atoms with Gasteiger partial charge in [0.2, 0.25) is 0 Å². The average Bonchev–Trinajstić information content (AvgIpc) is 2.99. The number of carbonyl (C=O) groups excluding carboxylic acids is 1. The standard InChI is InChI=1S/C20H27N3O2S/c1-22(2)17-9-8-16(13-24)11-23(12-17)20(25)18-14-26-19(21-18)10-15-6-4-3-5-7-15/h3-7,14,16-17,24H,8-13H2,1-2H3/t16-,17+/m0/s1. The second-order valence-corrected chi connectivity index (χ2v) is 8.19. The molecule has 1 aromatic carbocycles. The molecule has 1 fully saturated rings. The molecule has 1 aliphatic heterocycles. The Labute approximate surface area is 159 Å². The summed E-state index contributed by atoms with van der Waals surface area (Å²) in [4.78, 5) is 21.6. The zero-order chi connectivity index (χ0) is 18.5. The van der Waals surface area contributed by atoms with E-state index in [0.717, 1.165) is 24.3 Å². The van der Waals surface area contributed by atoms with E-state index in [9.17, 15) is 9.90 Å². The van der Waals surface area contributed by atoms with Crippen LogP contribution in [0.4, 0.5) is 0 Å². The molecule has 0 saturated carbocycles. The van der Waals surface area contributed by atoms with Gasteiger partial charge in [-0.25, -0.2) is 4.98 Å². The summed E-state index contributed by atoms with van der Waals surface area (Å²) in [6.45, 7) is 1.42. The van der Waals surface area contributed by atoms with E-state index in [2.05, 4.69) is 22.0 Å². The van der Waals surface area contributed by atoms with E-state index >= 15 is 0 Å². The van der Waals surface area contributed by atoms with Crippen molar-refractivity contribution in [3.63, 3.8) is 0 Å². The molecule has 0 unspecified atom stereocenters. The van der Waals surface area contributed by atoms with Crippen LogP contribution in [0, 0.1) is 5.92 Å². The van der Waals surface area contributed by atoms with Crippen molar-refractivity contribution in [2.45, 2.75) is 25.3 Å². The summed E-state index contributed by atoms with van der Waals surface area (Å²) in [5.41, 5.74) is 1.72. The number of likely N-dealkylation sites (tertiary alicyclic amines) is 1. The molecule has 2 heterocycles. The number of hydrogen-bond donors (Lipinski definition) is 1. The van der Waals surface area contributed by atoms with Gasteiger partial charge < -0.3 is 14.9 Å². The molecule has 1 amide bonds. The Morgan fingerprint density at radius 1 is 1.27 bits per heavy atom. The Hall–Kier alpha value is -1.76. The number of aliphatic hydroxyl groups is 1. The third-order valence-corrected chi connectivity index (χ3v) is 5.91. The van der Waals surface area contributed by atoms with E-state index in [0.29, 0.717) is 24.8 Å². The minimum Gasteiger partial charge on any atom is -0.396 e. The molecule has 0 aliphatic carbocycles. The number of aromatic nitrogens is 1. The average molecular weight is 374 g/mol. The van der Waals surface area contributed by atoms with E-state index in [1.165, 1.54) is 16.9 Å². The summed E-state index contributed by atoms with van der Waals surface area (Å²) < 4.78 is 0. The van der Waals surface area contributed by atoms with Gasteiger partial charge in [0.1, 0.15) is 5.69 Å². The molecule has 1 saturated heterocycles. The largest absolute Gasteiger partial charge is 0.396 e. The lowest BCUT2D eigenvalue weighted by Gasteiger charge is -2.28. The van der Waals surface area contributed by atoms with Crippen LogP contribution in [0.5, 0.6) is 0 Å². The monoisotopic (exact) mass is 373 g/mol. The molecule has 5 nitrogen and oxygen atoms in total. The van der Waals surface area contributed by atoms with Crippen molar-refractivity contribution in [3.05, 3.63) is 52.0 Å². The quantitative estimate of drug-likeness (QED) is 0.875. The maximum atomic E-state index is 13.0. The summed E-state index contributed by atoms with van der Waals surface area (Å²) >= 11 is 1.54. The van der Waals surface area contributed by atoms with Crippen molar-refractivity contribution in [1.29, 1.82) is 0 Å². The Morgan fingerprint density at radius 3 is 2.73 bits per heavy atom. The number of nitrogens with zero attached hydrogens (tertiary/aromatic N) is 3. The lowest BCUT2D eigenvalue weighted by Crippen LogP contribution is -2.43. The van der Waals surface area contributed by atoms with Gasteiger partial charge >= 0.3 is 0 Å². The van der Waals surface area contributed by atoms with Crippen LogP contribution in [0.1, 0.15) is 33.9 Å². The van der Waals surface area contributed by atoms with Crippen molar-refractivity contribution in [2.24, 2.45) is 5.92 Å². The summed E-state index contributed by atoms with van der Waals surface area (Å²) in [6, 6.07) is 10.5. The Morgan fingerprint density at radius 2 is 2.04 bits per heavy atom. The summed E-state index contributed by atoms with van der Waals surface area (Å²) in [6.07, 6.45) is 2.69. The fourth-order valence-electron chi connectivity index (χ4n) is 3.41. The van der Waals surface area contributed by atoms with E-state index in [-0.39, 0.29) is 18.4 Å². The number of thiazole rings is 1. The maximum absolute atomic E-state index is 13.0. The number of aliphatic hydroxyl groups excluding tert-OH is 1. The van der Waals surface area contributed by atoms with Crippen LogP contribution >= 0.6 is 11.3 Å². The molecule has 0 radical (unpaired) electrons. The molecule has 6 heteroatoms. The minimum atomic E-state index is -0.0206. The number of carbonyl (C=O) groups is 1. The van der Waals surface area contributed by atoms with Gasteiger partial charge in [-0.05, 0) is 38.4 Å². The predicted octanol–water partition coefficient (Wildman–Crippen LogP) is 2.51. The lowest BCUT2D eigenvalue weighted by atomic mass is 10.0. The molecule has 2 atom stereocenters. The van der Waals surface area contributed by atoms with E-state index in [1.807, 2.05) is 42.6 Å². The van der Waals surface area contributed by atoms with Crippen molar-refractivity contribution >= 4 is 17.2 Å². The van der Waals surface area contributed by atoms with E-state index < -0.39 is 0 Å². The molecule has 1 aliphatic rings. The highest BCUT2D eigenvalue weighted by Gasteiger charge is 2.29. The Kier molecular flexibility index (Phi) is 6.40. The van der Waals surface area contributed by atoms with Crippen molar-refractivity contribution < 1.29 is 9.90 Å². The van der Waals surface area contributed by atoms with Gasteiger partial charge in [0, 0.05) is 37.5 Å². The smallest absolute Gasteiger partial charge is 0.273 e. The molecule has 0 bridgehead atoms. The number of amides is 1. The third-order valence-electron chi connectivity index (χ3n) is 5.06.